The minimum absolute atomic E-state index is 0.0646. The maximum atomic E-state index is 11.8. The molecule has 10 nitrogen and oxygen atoms in total. The Labute approximate surface area is 177 Å². The molecule has 174 valence electrons. The molecule has 0 radical (unpaired) electrons. The van der Waals surface area contributed by atoms with Gasteiger partial charge in [0, 0.05) is 39.0 Å². The van der Waals surface area contributed by atoms with Crippen molar-refractivity contribution >= 4 is 17.6 Å². The fraction of sp³-hybridized carbons (Fsp3) is 0.850. The molecule has 1 saturated heterocycles. The molecule has 5 atom stereocenters. The third kappa shape index (κ3) is 10.4. The van der Waals surface area contributed by atoms with Gasteiger partial charge in [0.05, 0.1) is 6.10 Å². The highest BCUT2D eigenvalue weighted by atomic mass is 16.7. The lowest BCUT2D eigenvalue weighted by atomic mass is 10.0. The highest BCUT2D eigenvalue weighted by Gasteiger charge is 2.42. The first-order valence-electron chi connectivity index (χ1n) is 10.6. The second-order valence-electron chi connectivity index (χ2n) is 7.62. The Morgan fingerprint density at radius 2 is 1.43 bits per heavy atom. The van der Waals surface area contributed by atoms with Crippen LogP contribution < -0.4 is 10.6 Å². The minimum Gasteiger partial charge on any atom is -0.388 e. The van der Waals surface area contributed by atoms with Crippen molar-refractivity contribution in [2.24, 2.45) is 0 Å². The van der Waals surface area contributed by atoms with Crippen molar-refractivity contribution in [3.63, 3.8) is 0 Å². The van der Waals surface area contributed by atoms with Crippen molar-refractivity contribution in [1.29, 1.82) is 0 Å². The highest BCUT2D eigenvalue weighted by Crippen LogP contribution is 2.21. The molecule has 1 rings (SSSR count). The van der Waals surface area contributed by atoms with Crippen molar-refractivity contribution in [2.75, 3.05) is 19.7 Å². The molecular weight excluding hydrogens is 396 g/mol. The highest BCUT2D eigenvalue weighted by molar-refractivity contribution is 5.78. The molecule has 0 aromatic rings. The van der Waals surface area contributed by atoms with Crippen molar-refractivity contribution in [2.45, 2.75) is 89.5 Å². The van der Waals surface area contributed by atoms with Crippen LogP contribution in [0.5, 0.6) is 0 Å². The Bertz CT molecular complexity index is 545. The van der Waals surface area contributed by atoms with Crippen molar-refractivity contribution in [1.82, 2.24) is 10.6 Å². The number of aliphatic hydroxyl groups excluding tert-OH is 3. The lowest BCUT2D eigenvalue weighted by molar-refractivity contribution is -0.293. The number of Topliss-reactive ketones (excluding diaryl/α,β-unsaturated/α-hetero) is 1. The third-order valence-electron chi connectivity index (χ3n) is 4.84. The van der Waals surface area contributed by atoms with Crippen LogP contribution in [0.4, 0.5) is 0 Å². The van der Waals surface area contributed by atoms with Crippen LogP contribution in [0.2, 0.25) is 0 Å². The van der Waals surface area contributed by atoms with Crippen LogP contribution in [0.15, 0.2) is 0 Å². The summed E-state index contributed by atoms with van der Waals surface area (Å²) in [5, 5.41) is 34.6. The van der Waals surface area contributed by atoms with Crippen LogP contribution in [-0.2, 0) is 23.9 Å². The van der Waals surface area contributed by atoms with Crippen LogP contribution in [0, 0.1) is 0 Å². The summed E-state index contributed by atoms with van der Waals surface area (Å²) in [7, 11) is 0. The van der Waals surface area contributed by atoms with E-state index >= 15 is 0 Å². The van der Waals surface area contributed by atoms with Gasteiger partial charge in [-0.15, -0.1) is 0 Å². The van der Waals surface area contributed by atoms with Crippen LogP contribution in [-0.4, -0.2) is 83.3 Å². The number of carbonyl (C=O) groups excluding carboxylic acids is 3. The van der Waals surface area contributed by atoms with Crippen LogP contribution in [0.1, 0.15) is 58.8 Å². The number of ether oxygens (including phenoxy) is 2. The van der Waals surface area contributed by atoms with Gasteiger partial charge in [-0.2, -0.15) is 0 Å². The molecule has 1 aliphatic rings. The van der Waals surface area contributed by atoms with Gasteiger partial charge in [0.15, 0.2) is 6.29 Å². The number of hydrogen-bond donors (Lipinski definition) is 5. The normalized spacial score (nSPS) is 26.2. The van der Waals surface area contributed by atoms with E-state index in [0.29, 0.717) is 58.2 Å². The van der Waals surface area contributed by atoms with Gasteiger partial charge in [-0.3, -0.25) is 9.59 Å². The SMILES string of the molecule is CC(=O)CCCC(=O)NCCNC(=O)CCCCCO[C@@H]1O[C@@H](C)[C@H](O)[C@@H](O)[C@H]1O. The summed E-state index contributed by atoms with van der Waals surface area (Å²) in [5.74, 6) is -0.164. The summed E-state index contributed by atoms with van der Waals surface area (Å²) in [6.45, 7) is 4.09. The molecule has 30 heavy (non-hydrogen) atoms. The van der Waals surface area contributed by atoms with Gasteiger partial charge in [0.2, 0.25) is 11.8 Å². The van der Waals surface area contributed by atoms with Crippen molar-refractivity contribution < 1.29 is 39.2 Å². The Kier molecular flexibility index (Phi) is 12.7. The second kappa shape index (κ2) is 14.4. The second-order valence-corrected chi connectivity index (χ2v) is 7.62. The third-order valence-corrected chi connectivity index (χ3v) is 4.84. The van der Waals surface area contributed by atoms with Gasteiger partial charge >= 0.3 is 0 Å². The topological polar surface area (TPSA) is 154 Å². The smallest absolute Gasteiger partial charge is 0.220 e. The first-order chi connectivity index (χ1) is 14.2. The van der Waals surface area contributed by atoms with E-state index in [2.05, 4.69) is 10.6 Å². The predicted molar refractivity (Wildman–Crippen MR) is 107 cm³/mol. The van der Waals surface area contributed by atoms with Crippen LogP contribution in [0.25, 0.3) is 0 Å². The number of rotatable bonds is 14. The number of amides is 2. The number of ketones is 1. The summed E-state index contributed by atoms with van der Waals surface area (Å²) >= 11 is 0. The Balaban J connectivity index is 1.99. The van der Waals surface area contributed by atoms with E-state index in [1.807, 2.05) is 0 Å². The van der Waals surface area contributed by atoms with Gasteiger partial charge in [-0.05, 0) is 33.1 Å². The molecule has 1 aliphatic heterocycles. The van der Waals surface area contributed by atoms with E-state index in [-0.39, 0.29) is 17.6 Å². The average molecular weight is 433 g/mol. The van der Waals surface area contributed by atoms with Crippen LogP contribution >= 0.6 is 0 Å². The lowest BCUT2D eigenvalue weighted by Gasteiger charge is -2.38. The molecule has 0 aromatic carbocycles. The first kappa shape index (κ1) is 26.4. The molecule has 0 aliphatic carbocycles. The number of carbonyl (C=O) groups is 3. The van der Waals surface area contributed by atoms with E-state index in [0.717, 1.165) is 6.42 Å². The molecule has 5 N–H and O–H groups in total. The Hall–Kier alpha value is -1.59. The molecule has 1 fully saturated rings. The van der Waals surface area contributed by atoms with Gasteiger partial charge in [-0.25, -0.2) is 0 Å². The zero-order valence-corrected chi connectivity index (χ0v) is 17.8. The fourth-order valence-electron chi connectivity index (χ4n) is 2.99. The van der Waals surface area contributed by atoms with Gasteiger partial charge in [-0.1, -0.05) is 6.42 Å². The molecule has 10 heteroatoms. The summed E-state index contributed by atoms with van der Waals surface area (Å²) in [5.41, 5.74) is 0. The summed E-state index contributed by atoms with van der Waals surface area (Å²) < 4.78 is 10.8. The number of aliphatic hydroxyl groups is 3. The fourth-order valence-corrected chi connectivity index (χ4v) is 2.99. The molecule has 0 unspecified atom stereocenters. The van der Waals surface area contributed by atoms with Crippen molar-refractivity contribution in [3.8, 4) is 0 Å². The molecular formula is C20H36N2O8. The summed E-state index contributed by atoms with van der Waals surface area (Å²) in [6.07, 6.45) is -1.75. The lowest BCUT2D eigenvalue weighted by Crippen LogP contribution is -2.57. The first-order valence-corrected chi connectivity index (χ1v) is 10.6. The van der Waals surface area contributed by atoms with E-state index in [1.54, 1.807) is 6.92 Å². The monoisotopic (exact) mass is 432 g/mol. The molecule has 0 spiro atoms. The van der Waals surface area contributed by atoms with Gasteiger partial charge in [0.25, 0.3) is 0 Å². The molecule has 1 heterocycles. The van der Waals surface area contributed by atoms with Crippen LogP contribution in [0.3, 0.4) is 0 Å². The summed E-state index contributed by atoms with van der Waals surface area (Å²) in [6, 6.07) is 0. The number of unbranched alkanes of at least 4 members (excludes halogenated alkanes) is 2. The predicted octanol–water partition coefficient (Wildman–Crippen LogP) is -0.617. The minimum atomic E-state index is -1.31. The number of hydrogen-bond acceptors (Lipinski definition) is 8. The zero-order valence-electron chi connectivity index (χ0n) is 17.8. The standard InChI is InChI=1S/C20H36N2O8/c1-13(23)7-6-9-16(25)22-11-10-21-15(24)8-4-3-5-12-29-20-19(28)18(27)17(26)14(2)30-20/h14,17-20,26-28H,3-12H2,1-2H3,(H,21,24)(H,22,25)/t14-,17-,18+,19+,20+/m0/s1. The molecule has 0 bridgehead atoms. The maximum Gasteiger partial charge on any atom is 0.220 e. The Morgan fingerprint density at radius 1 is 0.833 bits per heavy atom. The quantitative estimate of drug-likeness (QED) is 0.228. The average Bonchev–Trinajstić information content (AvgIpc) is 2.69. The van der Waals surface area contributed by atoms with E-state index in [9.17, 15) is 29.7 Å². The molecule has 0 aromatic heterocycles. The van der Waals surface area contributed by atoms with E-state index < -0.39 is 30.7 Å². The van der Waals surface area contributed by atoms with Gasteiger partial charge < -0.3 is 40.2 Å². The Morgan fingerprint density at radius 3 is 2.03 bits per heavy atom. The molecule has 2 amide bonds. The number of nitrogens with one attached hydrogen (secondary N) is 2. The molecule has 0 saturated carbocycles. The zero-order chi connectivity index (χ0) is 22.5. The van der Waals surface area contributed by atoms with E-state index in [1.165, 1.54) is 6.92 Å². The maximum absolute atomic E-state index is 11.8. The van der Waals surface area contributed by atoms with Crippen molar-refractivity contribution in [3.05, 3.63) is 0 Å². The van der Waals surface area contributed by atoms with E-state index in [4.69, 9.17) is 9.47 Å². The van der Waals surface area contributed by atoms with Gasteiger partial charge in [0.1, 0.15) is 24.1 Å². The largest absolute Gasteiger partial charge is 0.388 e. The summed E-state index contributed by atoms with van der Waals surface area (Å²) in [4.78, 5) is 34.1.